The Morgan fingerprint density at radius 3 is 2.67 bits per heavy atom. The Morgan fingerprint density at radius 2 is 2.06 bits per heavy atom. The highest BCUT2D eigenvalue weighted by Crippen LogP contribution is 2.38. The highest BCUT2D eigenvalue weighted by Gasteiger charge is 2.24. The molecule has 2 N–H and O–H groups in total. The summed E-state index contributed by atoms with van der Waals surface area (Å²) in [5, 5.41) is 13.6. The van der Waals surface area contributed by atoms with Gasteiger partial charge in [-0.1, -0.05) is 25.4 Å². The Kier molecular flexibility index (Phi) is 3.64. The first-order chi connectivity index (χ1) is 8.41. The largest absolute Gasteiger partial charge is 0.388 e. The fourth-order valence-corrected chi connectivity index (χ4v) is 2.55. The van der Waals surface area contributed by atoms with Crippen LogP contribution in [0.5, 0.6) is 0 Å². The molecule has 0 bridgehead atoms. The topological polar surface area (TPSA) is 49.3 Å². The molecule has 0 aromatic heterocycles. The molecule has 0 aliphatic carbocycles. The minimum absolute atomic E-state index is 0.0267. The zero-order valence-corrected chi connectivity index (χ0v) is 11.6. The maximum absolute atomic E-state index is 11.4. The Morgan fingerprint density at radius 1 is 1.39 bits per heavy atom. The van der Waals surface area contributed by atoms with Gasteiger partial charge in [-0.25, -0.2) is 0 Å². The standard InChI is InChI=1S/C14H18ClNO2/c1-7(2)14(18)10-6-9-4-5-11(17)16-13(9)8(3)12(10)15/h6-7,14,18H,4-5H2,1-3H3,(H,16,17). The molecule has 0 saturated carbocycles. The van der Waals surface area contributed by atoms with Crippen LogP contribution in [-0.4, -0.2) is 11.0 Å². The van der Waals surface area contributed by atoms with Crippen LogP contribution in [0.1, 0.15) is 43.1 Å². The second-order valence-electron chi connectivity index (χ2n) is 5.18. The fraction of sp³-hybridized carbons (Fsp3) is 0.500. The summed E-state index contributed by atoms with van der Waals surface area (Å²) in [6.45, 7) is 5.79. The fourth-order valence-electron chi connectivity index (χ4n) is 2.29. The molecule has 4 heteroatoms. The van der Waals surface area contributed by atoms with Crippen molar-refractivity contribution < 1.29 is 9.90 Å². The van der Waals surface area contributed by atoms with E-state index in [-0.39, 0.29) is 11.8 Å². The van der Waals surface area contributed by atoms with E-state index in [2.05, 4.69) is 5.32 Å². The van der Waals surface area contributed by atoms with Crippen molar-refractivity contribution in [2.45, 2.75) is 39.7 Å². The van der Waals surface area contributed by atoms with Gasteiger partial charge in [0.05, 0.1) is 11.1 Å². The normalized spacial score (nSPS) is 16.4. The van der Waals surface area contributed by atoms with Gasteiger partial charge in [0.2, 0.25) is 5.91 Å². The monoisotopic (exact) mass is 267 g/mol. The van der Waals surface area contributed by atoms with Crippen molar-refractivity contribution in [2.24, 2.45) is 5.92 Å². The first-order valence-electron chi connectivity index (χ1n) is 6.21. The van der Waals surface area contributed by atoms with Gasteiger partial charge in [0.25, 0.3) is 0 Å². The summed E-state index contributed by atoms with van der Waals surface area (Å²) in [4.78, 5) is 11.4. The molecule has 2 rings (SSSR count). The van der Waals surface area contributed by atoms with Crippen molar-refractivity contribution in [2.75, 3.05) is 5.32 Å². The lowest BCUT2D eigenvalue weighted by molar-refractivity contribution is -0.116. The Hall–Kier alpha value is -1.06. The molecule has 3 nitrogen and oxygen atoms in total. The molecule has 0 fully saturated rings. The number of hydrogen-bond donors (Lipinski definition) is 2. The van der Waals surface area contributed by atoms with Gasteiger partial charge in [-0.2, -0.15) is 0 Å². The van der Waals surface area contributed by atoms with Crippen LogP contribution < -0.4 is 5.32 Å². The zero-order valence-electron chi connectivity index (χ0n) is 10.9. The summed E-state index contributed by atoms with van der Waals surface area (Å²) in [6.07, 6.45) is 0.626. The molecule has 1 aromatic carbocycles. The van der Waals surface area contributed by atoms with Crippen LogP contribution in [-0.2, 0) is 11.2 Å². The quantitative estimate of drug-likeness (QED) is 0.864. The number of aliphatic hydroxyl groups excluding tert-OH is 1. The highest BCUT2D eigenvalue weighted by molar-refractivity contribution is 6.32. The molecule has 1 aliphatic heterocycles. The summed E-state index contributed by atoms with van der Waals surface area (Å²) in [6, 6.07) is 1.93. The number of hydrogen-bond acceptors (Lipinski definition) is 2. The van der Waals surface area contributed by atoms with Crippen LogP contribution in [0.3, 0.4) is 0 Å². The Bertz CT molecular complexity index is 497. The SMILES string of the molecule is Cc1c(Cl)c(C(O)C(C)C)cc2c1NC(=O)CC2. The van der Waals surface area contributed by atoms with Crippen molar-refractivity contribution in [3.8, 4) is 0 Å². The summed E-state index contributed by atoms with van der Waals surface area (Å²) in [5.74, 6) is 0.136. The van der Waals surface area contributed by atoms with Gasteiger partial charge in [-0.05, 0) is 36.5 Å². The number of nitrogens with one attached hydrogen (secondary N) is 1. The first-order valence-corrected chi connectivity index (χ1v) is 6.59. The molecule has 98 valence electrons. The number of rotatable bonds is 2. The van der Waals surface area contributed by atoms with Crippen molar-refractivity contribution in [3.63, 3.8) is 0 Å². The minimum atomic E-state index is -0.570. The average Bonchev–Trinajstić information content (AvgIpc) is 2.33. The van der Waals surface area contributed by atoms with E-state index in [1.165, 1.54) is 0 Å². The van der Waals surface area contributed by atoms with Crippen LogP contribution >= 0.6 is 11.6 Å². The van der Waals surface area contributed by atoms with E-state index in [1.807, 2.05) is 26.8 Å². The minimum Gasteiger partial charge on any atom is -0.388 e. The lowest BCUT2D eigenvalue weighted by atomic mass is 9.91. The predicted octanol–water partition coefficient (Wildman–Crippen LogP) is 3.22. The van der Waals surface area contributed by atoms with Crippen LogP contribution in [0, 0.1) is 12.8 Å². The van der Waals surface area contributed by atoms with Crippen LogP contribution in [0.15, 0.2) is 6.07 Å². The van der Waals surface area contributed by atoms with Gasteiger partial charge >= 0.3 is 0 Å². The molecule has 1 amide bonds. The van der Waals surface area contributed by atoms with Crippen molar-refractivity contribution in [1.82, 2.24) is 0 Å². The molecule has 1 aliphatic rings. The maximum Gasteiger partial charge on any atom is 0.224 e. The second kappa shape index (κ2) is 4.90. The Balaban J connectivity index is 2.53. The highest BCUT2D eigenvalue weighted by atomic mass is 35.5. The van der Waals surface area contributed by atoms with Crippen LogP contribution in [0.2, 0.25) is 5.02 Å². The van der Waals surface area contributed by atoms with Crippen LogP contribution in [0.4, 0.5) is 5.69 Å². The van der Waals surface area contributed by atoms with E-state index in [0.29, 0.717) is 17.9 Å². The smallest absolute Gasteiger partial charge is 0.224 e. The first kappa shape index (κ1) is 13.4. The van der Waals surface area contributed by atoms with Gasteiger partial charge in [-0.3, -0.25) is 4.79 Å². The van der Waals surface area contributed by atoms with Gasteiger partial charge < -0.3 is 10.4 Å². The van der Waals surface area contributed by atoms with E-state index in [0.717, 1.165) is 22.4 Å². The van der Waals surface area contributed by atoms with Crippen molar-refractivity contribution >= 4 is 23.2 Å². The molecule has 1 heterocycles. The van der Waals surface area contributed by atoms with Gasteiger partial charge in [0, 0.05) is 17.7 Å². The van der Waals surface area contributed by atoms with Crippen LogP contribution in [0.25, 0.3) is 0 Å². The molecular weight excluding hydrogens is 250 g/mol. The van der Waals surface area contributed by atoms with E-state index in [4.69, 9.17) is 11.6 Å². The third-order valence-corrected chi connectivity index (χ3v) is 3.95. The molecule has 1 atom stereocenters. The number of fused-ring (bicyclic) bond motifs is 1. The number of halogens is 1. The molecule has 0 saturated heterocycles. The van der Waals surface area contributed by atoms with Gasteiger partial charge in [-0.15, -0.1) is 0 Å². The van der Waals surface area contributed by atoms with Gasteiger partial charge in [0.15, 0.2) is 0 Å². The van der Waals surface area contributed by atoms with Gasteiger partial charge in [0.1, 0.15) is 0 Å². The molecule has 1 unspecified atom stereocenters. The molecular formula is C14H18ClNO2. The summed E-state index contributed by atoms with van der Waals surface area (Å²) < 4.78 is 0. The zero-order chi connectivity index (χ0) is 13.4. The maximum atomic E-state index is 11.4. The lowest BCUT2D eigenvalue weighted by Gasteiger charge is -2.24. The van der Waals surface area contributed by atoms with Crippen molar-refractivity contribution in [1.29, 1.82) is 0 Å². The number of aryl methyl sites for hydroxylation is 1. The average molecular weight is 268 g/mol. The molecule has 0 spiro atoms. The number of amides is 1. The van der Waals surface area contributed by atoms with E-state index >= 15 is 0 Å². The second-order valence-corrected chi connectivity index (χ2v) is 5.55. The van der Waals surface area contributed by atoms with Crippen molar-refractivity contribution in [3.05, 3.63) is 27.8 Å². The van der Waals surface area contributed by atoms with E-state index in [1.54, 1.807) is 0 Å². The lowest BCUT2D eigenvalue weighted by Crippen LogP contribution is -2.21. The third-order valence-electron chi connectivity index (χ3n) is 3.44. The number of carbonyl (C=O) groups excluding carboxylic acids is 1. The molecule has 18 heavy (non-hydrogen) atoms. The Labute approximate surface area is 112 Å². The van der Waals surface area contributed by atoms with E-state index < -0.39 is 6.10 Å². The predicted molar refractivity (Wildman–Crippen MR) is 72.9 cm³/mol. The molecule has 0 radical (unpaired) electrons. The summed E-state index contributed by atoms with van der Waals surface area (Å²) >= 11 is 6.31. The molecule has 1 aromatic rings. The number of benzene rings is 1. The summed E-state index contributed by atoms with van der Waals surface area (Å²) in [5.41, 5.74) is 3.48. The number of aliphatic hydroxyl groups is 1. The number of carbonyl (C=O) groups is 1. The number of anilines is 1. The third kappa shape index (κ3) is 2.25. The van der Waals surface area contributed by atoms with E-state index in [9.17, 15) is 9.90 Å². The summed E-state index contributed by atoms with van der Waals surface area (Å²) in [7, 11) is 0.